The number of para-hydroxylation sites is 1. The summed E-state index contributed by atoms with van der Waals surface area (Å²) in [6, 6.07) is 8.93. The molecule has 3 rings (SSSR count). The lowest BCUT2D eigenvalue weighted by Crippen LogP contribution is -2.48. The van der Waals surface area contributed by atoms with E-state index in [9.17, 15) is 4.79 Å². The maximum atomic E-state index is 11.3. The van der Waals surface area contributed by atoms with Crippen LogP contribution in [0.2, 0.25) is 0 Å². The maximum Gasteiger partial charge on any atom is 0.236 e. The van der Waals surface area contributed by atoms with E-state index in [1.165, 1.54) is 36.9 Å². The predicted octanol–water partition coefficient (Wildman–Crippen LogP) is 2.19. The largest absolute Gasteiger partial charge is 0.368 e. The van der Waals surface area contributed by atoms with E-state index in [0.29, 0.717) is 12.6 Å². The summed E-state index contributed by atoms with van der Waals surface area (Å²) >= 11 is 0. The van der Waals surface area contributed by atoms with Gasteiger partial charge in [0.15, 0.2) is 0 Å². The maximum absolute atomic E-state index is 11.3. The average Bonchev–Trinajstić information content (AvgIpc) is 2.60. The molecule has 0 unspecified atom stereocenters. The molecule has 96 valence electrons. The van der Waals surface area contributed by atoms with Gasteiger partial charge in [-0.25, -0.2) is 0 Å². The number of carbonyl (C=O) groups is 1. The molecular weight excluding hydrogens is 224 g/mol. The number of amides is 1. The van der Waals surface area contributed by atoms with Crippen LogP contribution in [-0.4, -0.2) is 18.5 Å². The van der Waals surface area contributed by atoms with E-state index in [4.69, 9.17) is 5.73 Å². The lowest BCUT2D eigenvalue weighted by Gasteiger charge is -2.40. The summed E-state index contributed by atoms with van der Waals surface area (Å²) in [5.41, 5.74) is 8.23. The van der Waals surface area contributed by atoms with Gasteiger partial charge in [-0.3, -0.25) is 4.79 Å². The van der Waals surface area contributed by atoms with Crippen LogP contribution in [0.4, 0.5) is 5.69 Å². The van der Waals surface area contributed by atoms with Crippen LogP contribution < -0.4 is 10.6 Å². The number of anilines is 1. The zero-order valence-electron chi connectivity index (χ0n) is 10.9. The summed E-state index contributed by atoms with van der Waals surface area (Å²) in [6.07, 6.45) is 4.91. The highest BCUT2D eigenvalue weighted by Crippen LogP contribution is 2.51. The fourth-order valence-electron chi connectivity index (χ4n) is 3.87. The molecule has 18 heavy (non-hydrogen) atoms. The Morgan fingerprint density at radius 3 is 3.00 bits per heavy atom. The number of benzene rings is 1. The minimum absolute atomic E-state index is 0.199. The van der Waals surface area contributed by atoms with Gasteiger partial charge in [0.2, 0.25) is 5.91 Å². The van der Waals surface area contributed by atoms with Crippen molar-refractivity contribution in [2.45, 2.75) is 44.1 Å². The van der Waals surface area contributed by atoms with Gasteiger partial charge in [0, 0.05) is 17.1 Å². The Hall–Kier alpha value is -1.51. The highest BCUT2D eigenvalue weighted by molar-refractivity contribution is 5.81. The quantitative estimate of drug-likeness (QED) is 0.867. The van der Waals surface area contributed by atoms with Crippen LogP contribution in [0.15, 0.2) is 24.3 Å². The topological polar surface area (TPSA) is 46.3 Å². The van der Waals surface area contributed by atoms with Gasteiger partial charge in [-0.15, -0.1) is 0 Å². The molecule has 1 amide bonds. The first-order valence-electron chi connectivity index (χ1n) is 6.77. The van der Waals surface area contributed by atoms with Crippen LogP contribution in [-0.2, 0) is 10.2 Å². The Balaban J connectivity index is 2.08. The molecule has 2 N–H and O–H groups in total. The third-order valence-corrected chi connectivity index (χ3v) is 4.69. The first-order valence-corrected chi connectivity index (χ1v) is 6.77. The van der Waals surface area contributed by atoms with Gasteiger partial charge in [-0.05, 0) is 24.5 Å². The van der Waals surface area contributed by atoms with E-state index < -0.39 is 0 Å². The number of hydrogen-bond donors (Lipinski definition) is 1. The first-order chi connectivity index (χ1) is 8.63. The van der Waals surface area contributed by atoms with E-state index in [2.05, 4.69) is 30.0 Å². The summed E-state index contributed by atoms with van der Waals surface area (Å²) < 4.78 is 0. The molecule has 1 aliphatic carbocycles. The Labute approximate surface area is 108 Å². The molecule has 0 aromatic heterocycles. The summed E-state index contributed by atoms with van der Waals surface area (Å²) in [6.45, 7) is 2.69. The minimum atomic E-state index is -0.236. The van der Waals surface area contributed by atoms with E-state index in [0.717, 1.165) is 0 Å². The smallest absolute Gasteiger partial charge is 0.236 e. The normalized spacial score (nSPS) is 29.8. The van der Waals surface area contributed by atoms with Crippen molar-refractivity contribution >= 4 is 11.6 Å². The van der Waals surface area contributed by atoms with Gasteiger partial charge in [-0.1, -0.05) is 38.0 Å². The minimum Gasteiger partial charge on any atom is -0.368 e. The van der Waals surface area contributed by atoms with Crippen LogP contribution in [0.5, 0.6) is 0 Å². The standard InChI is InChI=1S/C15H20N2O/c1-15-9-5-4-8-13(15)17(10-14(16)18)12-7-3-2-6-11(12)15/h2-3,6-7,13H,4-5,8-10H2,1H3,(H2,16,18)/t13-,15-/m1/s1. The molecule has 1 aromatic rings. The third kappa shape index (κ3) is 1.53. The Kier molecular flexibility index (Phi) is 2.58. The molecule has 1 aromatic carbocycles. The molecule has 0 radical (unpaired) electrons. The first kappa shape index (κ1) is 11.6. The molecule has 1 fully saturated rings. The number of nitrogens with zero attached hydrogens (tertiary/aromatic N) is 1. The second-order valence-corrected chi connectivity index (χ2v) is 5.79. The Morgan fingerprint density at radius 2 is 2.22 bits per heavy atom. The van der Waals surface area contributed by atoms with E-state index >= 15 is 0 Å². The van der Waals surface area contributed by atoms with Crippen LogP contribution >= 0.6 is 0 Å². The van der Waals surface area contributed by atoms with Crippen molar-refractivity contribution in [3.63, 3.8) is 0 Å². The monoisotopic (exact) mass is 244 g/mol. The molecule has 0 spiro atoms. The predicted molar refractivity (Wildman–Crippen MR) is 72.6 cm³/mol. The van der Waals surface area contributed by atoms with Gasteiger partial charge in [-0.2, -0.15) is 0 Å². The SMILES string of the molecule is C[C@]12CCCC[C@H]1N(CC(N)=O)c1ccccc12. The van der Waals surface area contributed by atoms with Crippen molar-refractivity contribution in [1.29, 1.82) is 0 Å². The zero-order chi connectivity index (χ0) is 12.8. The van der Waals surface area contributed by atoms with Gasteiger partial charge < -0.3 is 10.6 Å². The number of carbonyl (C=O) groups excluding carboxylic acids is 1. The summed E-state index contributed by atoms with van der Waals surface area (Å²) in [4.78, 5) is 13.6. The van der Waals surface area contributed by atoms with Gasteiger partial charge >= 0.3 is 0 Å². The highest BCUT2D eigenvalue weighted by Gasteiger charge is 2.48. The average molecular weight is 244 g/mol. The van der Waals surface area contributed by atoms with Crippen LogP contribution in [0, 0.1) is 0 Å². The zero-order valence-corrected chi connectivity index (χ0v) is 10.9. The van der Waals surface area contributed by atoms with Crippen molar-refractivity contribution in [2.24, 2.45) is 5.73 Å². The lowest BCUT2D eigenvalue weighted by molar-refractivity contribution is -0.116. The highest BCUT2D eigenvalue weighted by atomic mass is 16.1. The molecule has 3 heteroatoms. The van der Waals surface area contributed by atoms with E-state index in [-0.39, 0.29) is 11.3 Å². The molecule has 1 saturated carbocycles. The van der Waals surface area contributed by atoms with Gasteiger partial charge in [0.25, 0.3) is 0 Å². The van der Waals surface area contributed by atoms with Crippen molar-refractivity contribution < 1.29 is 4.79 Å². The molecule has 0 bridgehead atoms. The number of rotatable bonds is 2. The van der Waals surface area contributed by atoms with Crippen LogP contribution in [0.1, 0.15) is 38.2 Å². The Bertz CT molecular complexity index is 485. The summed E-state index contributed by atoms with van der Waals surface area (Å²) in [7, 11) is 0. The van der Waals surface area contributed by atoms with Crippen molar-refractivity contribution in [3.05, 3.63) is 29.8 Å². The molecule has 1 heterocycles. The van der Waals surface area contributed by atoms with Gasteiger partial charge in [0.05, 0.1) is 6.54 Å². The van der Waals surface area contributed by atoms with Gasteiger partial charge in [0.1, 0.15) is 0 Å². The van der Waals surface area contributed by atoms with Crippen molar-refractivity contribution in [1.82, 2.24) is 0 Å². The summed E-state index contributed by atoms with van der Waals surface area (Å²) in [5.74, 6) is -0.236. The number of nitrogens with two attached hydrogens (primary N) is 1. The van der Waals surface area contributed by atoms with Crippen molar-refractivity contribution in [2.75, 3.05) is 11.4 Å². The second-order valence-electron chi connectivity index (χ2n) is 5.79. The number of hydrogen-bond acceptors (Lipinski definition) is 2. The third-order valence-electron chi connectivity index (χ3n) is 4.69. The number of fused-ring (bicyclic) bond motifs is 3. The molecule has 2 aliphatic rings. The van der Waals surface area contributed by atoms with Crippen molar-refractivity contribution in [3.8, 4) is 0 Å². The lowest BCUT2D eigenvalue weighted by atomic mass is 9.69. The molecule has 3 nitrogen and oxygen atoms in total. The van der Waals surface area contributed by atoms with Crippen LogP contribution in [0.3, 0.4) is 0 Å². The molecular formula is C15H20N2O. The van der Waals surface area contributed by atoms with E-state index in [1.807, 2.05) is 6.07 Å². The second kappa shape index (κ2) is 4.01. The number of primary amides is 1. The fraction of sp³-hybridized carbons (Fsp3) is 0.533. The Morgan fingerprint density at radius 1 is 1.44 bits per heavy atom. The summed E-state index contributed by atoms with van der Waals surface area (Å²) in [5, 5.41) is 0. The molecule has 2 atom stereocenters. The van der Waals surface area contributed by atoms with E-state index in [1.54, 1.807) is 0 Å². The van der Waals surface area contributed by atoms with Crippen LogP contribution in [0.25, 0.3) is 0 Å². The molecule has 1 aliphatic heterocycles. The fourth-order valence-corrected chi connectivity index (χ4v) is 3.87. The molecule has 0 saturated heterocycles.